The number of rotatable bonds is 16. The van der Waals surface area contributed by atoms with Gasteiger partial charge in [0.05, 0.1) is 37.8 Å². The van der Waals surface area contributed by atoms with Crippen LogP contribution in [0, 0.1) is 0 Å². The summed E-state index contributed by atoms with van der Waals surface area (Å²) in [4.78, 5) is 50.1. The predicted molar refractivity (Wildman–Crippen MR) is 191 cm³/mol. The second kappa shape index (κ2) is 16.4. The third kappa shape index (κ3) is 8.93. The van der Waals surface area contributed by atoms with Crippen LogP contribution in [0.1, 0.15) is 99.5 Å². The standard InChI is InChI=1S/C35H54N5O12P/c1-10-45-26(42)18-17-25-37-29(39(22-15-13-14-16-22)32(43)52-33(4,5)6)23-19-36-40(30(23)38-25)31-28-27(50-34(7,8)51-28)24(49-31)20-47-35(21-41,46-11-2)53(9,44)48-12-3/h19,21-22,24,27-28,31H,10-18,20H2,1-9H3/t24-,27-,28-,31-,35?,53?/m1/s1. The van der Waals surface area contributed by atoms with Crippen LogP contribution in [0.15, 0.2) is 6.20 Å². The first-order valence-electron chi connectivity index (χ1n) is 18.4. The highest BCUT2D eigenvalue weighted by Gasteiger charge is 2.58. The van der Waals surface area contributed by atoms with Gasteiger partial charge < -0.3 is 37.7 Å². The molecule has 0 N–H and O–H groups in total. The zero-order valence-corrected chi connectivity index (χ0v) is 33.1. The van der Waals surface area contributed by atoms with E-state index in [2.05, 4.69) is 0 Å². The quantitative estimate of drug-likeness (QED) is 0.0929. The molecule has 4 heterocycles. The van der Waals surface area contributed by atoms with E-state index in [0.717, 1.165) is 25.7 Å². The van der Waals surface area contributed by atoms with Crippen LogP contribution < -0.4 is 4.90 Å². The first-order valence-corrected chi connectivity index (χ1v) is 20.4. The lowest BCUT2D eigenvalue weighted by molar-refractivity contribution is -0.221. The molecule has 296 valence electrons. The van der Waals surface area contributed by atoms with E-state index in [0.29, 0.717) is 23.1 Å². The minimum atomic E-state index is -3.78. The van der Waals surface area contributed by atoms with Gasteiger partial charge in [0, 0.05) is 25.7 Å². The van der Waals surface area contributed by atoms with Crippen LogP contribution in [0.4, 0.5) is 10.6 Å². The molecule has 0 bridgehead atoms. The molecular formula is C35H54N5O12P. The van der Waals surface area contributed by atoms with Crippen molar-refractivity contribution in [2.45, 2.75) is 141 Å². The van der Waals surface area contributed by atoms with Crippen molar-refractivity contribution in [1.29, 1.82) is 0 Å². The Kier molecular flexibility index (Phi) is 12.7. The van der Waals surface area contributed by atoms with E-state index in [-0.39, 0.29) is 51.1 Å². The van der Waals surface area contributed by atoms with Crippen molar-refractivity contribution in [3.63, 3.8) is 0 Å². The molecule has 3 fully saturated rings. The summed E-state index contributed by atoms with van der Waals surface area (Å²) in [6.45, 7) is 15.3. The largest absolute Gasteiger partial charge is 0.466 e. The van der Waals surface area contributed by atoms with E-state index in [9.17, 15) is 18.9 Å². The summed E-state index contributed by atoms with van der Waals surface area (Å²) >= 11 is 0. The van der Waals surface area contributed by atoms with E-state index in [1.54, 1.807) is 71.2 Å². The van der Waals surface area contributed by atoms with Gasteiger partial charge in [-0.1, -0.05) is 12.8 Å². The molecule has 3 aliphatic rings. The summed E-state index contributed by atoms with van der Waals surface area (Å²) in [5.74, 6) is -0.850. The molecule has 5 rings (SSSR count). The molecule has 1 amide bonds. The lowest BCUT2D eigenvalue weighted by atomic mass is 10.1. The lowest BCUT2D eigenvalue weighted by Gasteiger charge is -2.34. The number of aryl methyl sites for hydroxylation is 1. The number of nitrogens with zero attached hydrogens (tertiary/aromatic N) is 5. The molecule has 2 unspecified atom stereocenters. The maximum atomic E-state index is 13.9. The van der Waals surface area contributed by atoms with Crippen molar-refractivity contribution in [2.75, 3.05) is 38.0 Å². The third-order valence-corrected chi connectivity index (χ3v) is 11.4. The Hall–Kier alpha value is -3.05. The molecule has 53 heavy (non-hydrogen) atoms. The van der Waals surface area contributed by atoms with Crippen LogP contribution in [-0.2, 0) is 58.3 Å². The van der Waals surface area contributed by atoms with Gasteiger partial charge in [0.1, 0.15) is 29.7 Å². The van der Waals surface area contributed by atoms with Gasteiger partial charge in [-0.2, -0.15) is 5.10 Å². The first-order chi connectivity index (χ1) is 25.0. The SMILES string of the molecule is CCOC(=O)CCc1nc(N(C(=O)OC(C)(C)C)C2CCCC2)c2cnn([C@@H]3O[C@H](COC(C=O)(OCC)P(C)(=O)OCC)[C@H]4OC(C)(C)O[C@H]43)c2n1. The highest BCUT2D eigenvalue weighted by Crippen LogP contribution is 2.56. The van der Waals surface area contributed by atoms with Gasteiger partial charge in [-0.3, -0.25) is 19.1 Å². The number of hydrogen-bond donors (Lipinski definition) is 0. The number of fused-ring (bicyclic) bond motifs is 2. The van der Waals surface area contributed by atoms with Crippen LogP contribution in [0.2, 0.25) is 0 Å². The Balaban J connectivity index is 1.57. The number of ether oxygens (including phenoxy) is 7. The molecule has 2 aromatic rings. The fourth-order valence-corrected chi connectivity index (χ4v) is 8.48. The topological polar surface area (TPSA) is 189 Å². The van der Waals surface area contributed by atoms with E-state index >= 15 is 0 Å². The number of carbonyl (C=O) groups is 3. The Morgan fingerprint density at radius 2 is 1.75 bits per heavy atom. The zero-order chi connectivity index (χ0) is 38.8. The normalized spacial score (nSPS) is 25.2. The van der Waals surface area contributed by atoms with Gasteiger partial charge in [0.25, 0.3) is 7.37 Å². The molecule has 2 aromatic heterocycles. The fraction of sp³-hybridized carbons (Fsp3) is 0.771. The lowest BCUT2D eigenvalue weighted by Crippen LogP contribution is -2.43. The molecule has 17 nitrogen and oxygen atoms in total. The maximum absolute atomic E-state index is 13.9. The second-order valence-electron chi connectivity index (χ2n) is 14.8. The average Bonchev–Trinajstić information content (AvgIpc) is 3.86. The van der Waals surface area contributed by atoms with Gasteiger partial charge in [-0.05, 0) is 68.2 Å². The molecule has 2 saturated heterocycles. The van der Waals surface area contributed by atoms with E-state index in [1.165, 1.54) is 6.66 Å². The molecule has 18 heteroatoms. The molecule has 0 aromatic carbocycles. The zero-order valence-electron chi connectivity index (χ0n) is 32.2. The van der Waals surface area contributed by atoms with Crippen LogP contribution in [-0.4, -0.2) is 112 Å². The van der Waals surface area contributed by atoms with Gasteiger partial charge in [-0.15, -0.1) is 0 Å². The molecule has 1 saturated carbocycles. The summed E-state index contributed by atoms with van der Waals surface area (Å²) in [7, 11) is -3.78. The van der Waals surface area contributed by atoms with Crippen molar-refractivity contribution in [2.24, 2.45) is 0 Å². The fourth-order valence-electron chi connectivity index (χ4n) is 6.94. The van der Waals surface area contributed by atoms with Crippen LogP contribution >= 0.6 is 7.37 Å². The Bertz CT molecular complexity index is 1670. The number of aldehydes is 1. The monoisotopic (exact) mass is 767 g/mol. The number of anilines is 1. The van der Waals surface area contributed by atoms with Gasteiger partial charge >= 0.3 is 17.6 Å². The second-order valence-corrected chi connectivity index (χ2v) is 17.3. The third-order valence-electron chi connectivity index (χ3n) is 9.11. The highest BCUT2D eigenvalue weighted by molar-refractivity contribution is 7.60. The number of esters is 1. The summed E-state index contributed by atoms with van der Waals surface area (Å²) in [5.41, 5.74) is -2.63. The van der Waals surface area contributed by atoms with Gasteiger partial charge in [0.2, 0.25) is 0 Å². The number of hydrogen-bond acceptors (Lipinski definition) is 15. The van der Waals surface area contributed by atoms with Crippen molar-refractivity contribution >= 4 is 42.6 Å². The van der Waals surface area contributed by atoms with Crippen LogP contribution in [0.25, 0.3) is 11.0 Å². The summed E-state index contributed by atoms with van der Waals surface area (Å²) in [5, 5.41) is 5.16. The van der Waals surface area contributed by atoms with E-state index in [1.807, 2.05) is 0 Å². The summed E-state index contributed by atoms with van der Waals surface area (Å²) < 4.78 is 62.5. The van der Waals surface area contributed by atoms with Crippen molar-refractivity contribution in [3.05, 3.63) is 12.0 Å². The molecule has 0 spiro atoms. The van der Waals surface area contributed by atoms with E-state index < -0.39 is 60.9 Å². The number of carbonyl (C=O) groups excluding carboxylic acids is 3. The first kappa shape index (κ1) is 41.1. The Morgan fingerprint density at radius 1 is 1.06 bits per heavy atom. The van der Waals surface area contributed by atoms with Crippen molar-refractivity contribution < 1.29 is 56.6 Å². The minimum Gasteiger partial charge on any atom is -0.466 e. The van der Waals surface area contributed by atoms with Crippen molar-refractivity contribution in [1.82, 2.24) is 19.7 Å². The maximum Gasteiger partial charge on any atom is 0.416 e. The average molecular weight is 768 g/mol. The molecule has 2 aliphatic heterocycles. The van der Waals surface area contributed by atoms with Gasteiger partial charge in [0.15, 0.2) is 29.8 Å². The molecular weight excluding hydrogens is 713 g/mol. The number of amides is 1. The van der Waals surface area contributed by atoms with Crippen LogP contribution in [0.5, 0.6) is 0 Å². The highest BCUT2D eigenvalue weighted by atomic mass is 31.2. The smallest absolute Gasteiger partial charge is 0.416 e. The molecule has 0 radical (unpaired) electrons. The summed E-state index contributed by atoms with van der Waals surface area (Å²) in [6, 6.07) is -0.181. The number of aromatic nitrogens is 4. The van der Waals surface area contributed by atoms with Gasteiger partial charge in [-0.25, -0.2) is 19.4 Å². The minimum absolute atomic E-state index is 0.0132. The van der Waals surface area contributed by atoms with Crippen LogP contribution in [0.3, 0.4) is 0 Å². The Labute approximate surface area is 310 Å². The predicted octanol–water partition coefficient (Wildman–Crippen LogP) is 5.27. The summed E-state index contributed by atoms with van der Waals surface area (Å²) in [6.07, 6.45) is 1.66. The Morgan fingerprint density at radius 3 is 2.38 bits per heavy atom. The molecule has 6 atom stereocenters. The van der Waals surface area contributed by atoms with Crippen molar-refractivity contribution in [3.8, 4) is 0 Å². The van der Waals surface area contributed by atoms with E-state index in [4.69, 9.17) is 52.7 Å². The molecule has 1 aliphatic carbocycles.